The Bertz CT molecular complexity index is 628. The first-order valence-electron chi connectivity index (χ1n) is 6.01. The number of nitrogens with zero attached hydrogens (tertiary/aromatic N) is 1. The second-order valence-corrected chi connectivity index (χ2v) is 6.06. The van der Waals surface area contributed by atoms with Gasteiger partial charge in [-0.05, 0) is 25.5 Å². The van der Waals surface area contributed by atoms with Crippen LogP contribution in [0, 0.1) is 6.92 Å². The van der Waals surface area contributed by atoms with E-state index in [4.69, 9.17) is 0 Å². The Kier molecular flexibility index (Phi) is 4.71. The molecule has 1 aromatic carbocycles. The van der Waals surface area contributed by atoms with E-state index in [1.54, 1.807) is 4.57 Å². The number of Topliss-reactive ketones (excluding diaryl/α,β-unsaturated/α-hetero) is 1. The normalized spacial score (nSPS) is 10.6. The van der Waals surface area contributed by atoms with Crippen LogP contribution in [0.25, 0.3) is 0 Å². The van der Waals surface area contributed by atoms with E-state index in [9.17, 15) is 9.59 Å². The van der Waals surface area contributed by atoms with E-state index in [-0.39, 0.29) is 10.7 Å². The maximum absolute atomic E-state index is 12.0. The van der Waals surface area contributed by atoms with Gasteiger partial charge >= 0.3 is 4.87 Å². The van der Waals surface area contributed by atoms with Gasteiger partial charge in [-0.15, -0.1) is 0 Å². The highest BCUT2D eigenvalue weighted by Gasteiger charge is 2.07. The quantitative estimate of drug-likeness (QED) is 0.780. The molecule has 0 saturated heterocycles. The van der Waals surface area contributed by atoms with Crippen molar-refractivity contribution >= 4 is 33.0 Å². The zero-order valence-electron chi connectivity index (χ0n) is 10.6. The third-order valence-electron chi connectivity index (χ3n) is 2.93. The molecule has 0 saturated carbocycles. The molecule has 0 aliphatic heterocycles. The summed E-state index contributed by atoms with van der Waals surface area (Å²) in [5, 5.41) is 1.85. The Hall–Kier alpha value is -1.20. The van der Waals surface area contributed by atoms with Crippen LogP contribution in [0.4, 0.5) is 0 Å². The van der Waals surface area contributed by atoms with Gasteiger partial charge in [0.1, 0.15) is 0 Å². The highest BCUT2D eigenvalue weighted by atomic mass is 79.9. The molecule has 0 aliphatic carbocycles. The molecular formula is C14H14BrNO2S. The predicted molar refractivity (Wildman–Crippen MR) is 81.0 cm³/mol. The number of ketones is 1. The predicted octanol–water partition coefficient (Wildman–Crippen LogP) is 3.64. The summed E-state index contributed by atoms with van der Waals surface area (Å²) in [6.45, 7) is 2.52. The first-order chi connectivity index (χ1) is 9.08. The molecule has 0 spiro atoms. The summed E-state index contributed by atoms with van der Waals surface area (Å²) in [5.41, 5.74) is 1.68. The smallest absolute Gasteiger partial charge is 0.303 e. The van der Waals surface area contributed by atoms with Gasteiger partial charge in [0.25, 0.3) is 0 Å². The number of thiazole rings is 1. The van der Waals surface area contributed by atoms with Gasteiger partial charge in [0.05, 0.1) is 0 Å². The molecule has 2 rings (SSSR count). The minimum absolute atomic E-state index is 0.0496. The van der Waals surface area contributed by atoms with E-state index in [0.29, 0.717) is 19.4 Å². The van der Waals surface area contributed by atoms with Gasteiger partial charge in [-0.3, -0.25) is 9.59 Å². The monoisotopic (exact) mass is 339 g/mol. The lowest BCUT2D eigenvalue weighted by molar-refractivity contribution is 0.0978. The standard InChI is InChI=1S/C14H14BrNO2S/c1-10-9-19-14(18)16(10)8-2-3-13(17)11-4-6-12(15)7-5-11/h4-7,9H,2-3,8H2,1H3. The number of rotatable bonds is 5. The zero-order chi connectivity index (χ0) is 13.8. The van der Waals surface area contributed by atoms with Gasteiger partial charge < -0.3 is 4.57 Å². The fourth-order valence-electron chi connectivity index (χ4n) is 1.85. The van der Waals surface area contributed by atoms with Gasteiger partial charge in [-0.2, -0.15) is 0 Å². The Labute approximate surface area is 124 Å². The number of halogens is 1. The number of hydrogen-bond acceptors (Lipinski definition) is 3. The molecule has 2 aromatic rings. The van der Waals surface area contributed by atoms with Crippen molar-refractivity contribution in [3.8, 4) is 0 Å². The van der Waals surface area contributed by atoms with Crippen molar-refractivity contribution in [3.63, 3.8) is 0 Å². The van der Waals surface area contributed by atoms with E-state index < -0.39 is 0 Å². The molecular weight excluding hydrogens is 326 g/mol. The van der Waals surface area contributed by atoms with E-state index in [1.165, 1.54) is 11.3 Å². The van der Waals surface area contributed by atoms with Crippen molar-refractivity contribution in [2.45, 2.75) is 26.3 Å². The van der Waals surface area contributed by atoms with E-state index >= 15 is 0 Å². The number of carbonyl (C=O) groups is 1. The molecule has 100 valence electrons. The summed E-state index contributed by atoms with van der Waals surface area (Å²) in [7, 11) is 0. The molecule has 1 heterocycles. The number of aryl methyl sites for hydroxylation is 1. The number of aromatic nitrogens is 1. The molecule has 0 radical (unpaired) electrons. The second-order valence-electron chi connectivity index (χ2n) is 4.33. The van der Waals surface area contributed by atoms with Crippen molar-refractivity contribution in [2.24, 2.45) is 0 Å². The topological polar surface area (TPSA) is 39.1 Å². The maximum atomic E-state index is 12.0. The van der Waals surface area contributed by atoms with Crippen LogP contribution in [0.3, 0.4) is 0 Å². The van der Waals surface area contributed by atoms with Crippen LogP contribution in [0.1, 0.15) is 28.9 Å². The highest BCUT2D eigenvalue weighted by Crippen LogP contribution is 2.13. The van der Waals surface area contributed by atoms with Crippen LogP contribution in [0.15, 0.2) is 38.9 Å². The third-order valence-corrected chi connectivity index (χ3v) is 4.34. The molecule has 3 nitrogen and oxygen atoms in total. The summed E-state index contributed by atoms with van der Waals surface area (Å²) >= 11 is 4.55. The number of benzene rings is 1. The largest absolute Gasteiger partial charge is 0.307 e. The van der Waals surface area contributed by atoms with Gasteiger partial charge in [-0.25, -0.2) is 0 Å². The summed E-state index contributed by atoms with van der Waals surface area (Å²) in [6, 6.07) is 7.35. The molecule has 0 N–H and O–H groups in total. The Morgan fingerprint density at radius 3 is 2.58 bits per heavy atom. The third kappa shape index (κ3) is 3.64. The van der Waals surface area contributed by atoms with Crippen molar-refractivity contribution in [1.82, 2.24) is 4.57 Å². The van der Waals surface area contributed by atoms with Crippen LogP contribution >= 0.6 is 27.3 Å². The average molecular weight is 340 g/mol. The summed E-state index contributed by atoms with van der Waals surface area (Å²) in [4.78, 5) is 23.5. The first-order valence-corrected chi connectivity index (χ1v) is 7.69. The van der Waals surface area contributed by atoms with Crippen LogP contribution in [-0.2, 0) is 6.54 Å². The van der Waals surface area contributed by atoms with Gasteiger partial charge in [0, 0.05) is 34.1 Å². The van der Waals surface area contributed by atoms with Crippen molar-refractivity contribution in [2.75, 3.05) is 0 Å². The summed E-state index contributed by atoms with van der Waals surface area (Å²) in [5.74, 6) is 0.119. The lowest BCUT2D eigenvalue weighted by atomic mass is 10.1. The van der Waals surface area contributed by atoms with Crippen LogP contribution < -0.4 is 4.87 Å². The minimum Gasteiger partial charge on any atom is -0.303 e. The second kappa shape index (κ2) is 6.30. The Morgan fingerprint density at radius 2 is 2.00 bits per heavy atom. The first kappa shape index (κ1) is 14.2. The number of carbonyl (C=O) groups excluding carboxylic acids is 1. The zero-order valence-corrected chi connectivity index (χ0v) is 13.0. The minimum atomic E-state index is 0.0496. The molecule has 5 heteroatoms. The summed E-state index contributed by atoms with van der Waals surface area (Å²) in [6.07, 6.45) is 1.15. The summed E-state index contributed by atoms with van der Waals surface area (Å²) < 4.78 is 2.68. The molecule has 0 atom stereocenters. The Balaban J connectivity index is 1.91. The molecule has 19 heavy (non-hydrogen) atoms. The average Bonchev–Trinajstić information content (AvgIpc) is 2.71. The lowest BCUT2D eigenvalue weighted by Gasteiger charge is -2.04. The Morgan fingerprint density at radius 1 is 1.32 bits per heavy atom. The molecule has 0 aliphatic rings. The van der Waals surface area contributed by atoms with Crippen LogP contribution in [0.5, 0.6) is 0 Å². The molecule has 1 aromatic heterocycles. The fraction of sp³-hybridized carbons (Fsp3) is 0.286. The van der Waals surface area contributed by atoms with Gasteiger partial charge in [-0.1, -0.05) is 39.4 Å². The molecule has 0 amide bonds. The maximum Gasteiger partial charge on any atom is 0.307 e. The van der Waals surface area contributed by atoms with Crippen molar-refractivity contribution in [1.29, 1.82) is 0 Å². The van der Waals surface area contributed by atoms with Gasteiger partial charge in [0.15, 0.2) is 5.78 Å². The van der Waals surface area contributed by atoms with Crippen LogP contribution in [-0.4, -0.2) is 10.4 Å². The van der Waals surface area contributed by atoms with E-state index in [0.717, 1.165) is 15.7 Å². The molecule has 0 unspecified atom stereocenters. The number of hydrogen-bond donors (Lipinski definition) is 0. The van der Waals surface area contributed by atoms with E-state index in [2.05, 4.69) is 15.9 Å². The van der Waals surface area contributed by atoms with Crippen molar-refractivity contribution < 1.29 is 4.79 Å². The SMILES string of the molecule is Cc1csc(=O)n1CCCC(=O)c1ccc(Br)cc1. The van der Waals surface area contributed by atoms with Crippen molar-refractivity contribution in [3.05, 3.63) is 55.0 Å². The van der Waals surface area contributed by atoms with Crippen LogP contribution in [0.2, 0.25) is 0 Å². The fourth-order valence-corrected chi connectivity index (χ4v) is 2.88. The van der Waals surface area contributed by atoms with Gasteiger partial charge in [0.2, 0.25) is 0 Å². The lowest BCUT2D eigenvalue weighted by Crippen LogP contribution is -2.15. The highest BCUT2D eigenvalue weighted by molar-refractivity contribution is 9.10. The molecule has 0 fully saturated rings. The molecule has 0 bridgehead atoms. The van der Waals surface area contributed by atoms with E-state index in [1.807, 2.05) is 36.6 Å².